The van der Waals surface area contributed by atoms with Gasteiger partial charge in [-0.2, -0.15) is 13.2 Å². The van der Waals surface area contributed by atoms with Crippen molar-refractivity contribution in [2.45, 2.75) is 13.1 Å². The SMILES string of the molecule is Cc1ccc2[nH]c(=S)n(C(=O)C(F)(F)F)c2c1. The lowest BCUT2D eigenvalue weighted by atomic mass is 10.2. The molecule has 0 amide bonds. The number of imidazole rings is 1. The van der Waals surface area contributed by atoms with Gasteiger partial charge in [-0.05, 0) is 36.8 Å². The highest BCUT2D eigenvalue weighted by molar-refractivity contribution is 7.71. The van der Waals surface area contributed by atoms with E-state index in [9.17, 15) is 18.0 Å². The van der Waals surface area contributed by atoms with Crippen molar-refractivity contribution in [3.63, 3.8) is 0 Å². The summed E-state index contributed by atoms with van der Waals surface area (Å²) in [4.78, 5) is 13.8. The average molecular weight is 260 g/mol. The number of rotatable bonds is 0. The number of nitrogens with one attached hydrogen (secondary N) is 1. The van der Waals surface area contributed by atoms with Gasteiger partial charge < -0.3 is 4.98 Å². The summed E-state index contributed by atoms with van der Waals surface area (Å²) in [5.41, 5.74) is 1.28. The van der Waals surface area contributed by atoms with E-state index in [-0.39, 0.29) is 10.3 Å². The second-order valence-electron chi connectivity index (χ2n) is 3.59. The molecular weight excluding hydrogens is 253 g/mol. The summed E-state index contributed by atoms with van der Waals surface area (Å²) in [6.07, 6.45) is -4.95. The van der Waals surface area contributed by atoms with Crippen molar-refractivity contribution >= 4 is 29.2 Å². The van der Waals surface area contributed by atoms with E-state index in [0.29, 0.717) is 10.1 Å². The van der Waals surface area contributed by atoms with E-state index in [1.807, 2.05) is 0 Å². The van der Waals surface area contributed by atoms with E-state index in [2.05, 4.69) is 4.98 Å². The van der Waals surface area contributed by atoms with Crippen molar-refractivity contribution in [3.8, 4) is 0 Å². The highest BCUT2D eigenvalue weighted by Crippen LogP contribution is 2.22. The Bertz CT molecular complexity index is 654. The van der Waals surface area contributed by atoms with Gasteiger partial charge in [-0.1, -0.05) is 6.07 Å². The van der Waals surface area contributed by atoms with Crippen LogP contribution < -0.4 is 0 Å². The molecule has 1 N–H and O–H groups in total. The number of carbonyl (C=O) groups is 1. The molecule has 0 unspecified atom stereocenters. The Hall–Kier alpha value is -1.63. The number of aromatic amines is 1. The minimum absolute atomic E-state index is 0.136. The summed E-state index contributed by atoms with van der Waals surface area (Å²) in [6.45, 7) is 1.72. The van der Waals surface area contributed by atoms with Crippen LogP contribution in [0.3, 0.4) is 0 Å². The molecule has 0 aliphatic heterocycles. The molecule has 0 atom stereocenters. The molecule has 2 rings (SSSR count). The van der Waals surface area contributed by atoms with E-state index < -0.39 is 12.1 Å². The zero-order chi connectivity index (χ0) is 12.8. The van der Waals surface area contributed by atoms with Crippen LogP contribution in [-0.4, -0.2) is 21.6 Å². The van der Waals surface area contributed by atoms with Crippen molar-refractivity contribution in [1.82, 2.24) is 9.55 Å². The smallest absolute Gasteiger partial charge is 0.330 e. The molecule has 0 bridgehead atoms. The minimum atomic E-state index is -4.95. The zero-order valence-corrected chi connectivity index (χ0v) is 9.45. The fraction of sp³-hybridized carbons (Fsp3) is 0.200. The van der Waals surface area contributed by atoms with E-state index in [4.69, 9.17) is 12.2 Å². The van der Waals surface area contributed by atoms with Gasteiger partial charge in [0.05, 0.1) is 11.0 Å². The first-order valence-electron chi connectivity index (χ1n) is 4.63. The lowest BCUT2D eigenvalue weighted by Crippen LogP contribution is -2.29. The molecule has 90 valence electrons. The predicted molar refractivity (Wildman–Crippen MR) is 58.5 cm³/mol. The van der Waals surface area contributed by atoms with Gasteiger partial charge in [-0.3, -0.25) is 4.79 Å². The molecule has 1 aromatic carbocycles. The molecule has 1 aromatic heterocycles. The maximum absolute atomic E-state index is 12.4. The molecule has 0 saturated heterocycles. The molecular formula is C10H7F3N2OS. The van der Waals surface area contributed by atoms with Crippen LogP contribution in [0.2, 0.25) is 0 Å². The van der Waals surface area contributed by atoms with Crippen molar-refractivity contribution < 1.29 is 18.0 Å². The van der Waals surface area contributed by atoms with Crippen LogP contribution in [0.15, 0.2) is 18.2 Å². The highest BCUT2D eigenvalue weighted by Gasteiger charge is 2.41. The van der Waals surface area contributed by atoms with Gasteiger partial charge in [0.15, 0.2) is 4.77 Å². The van der Waals surface area contributed by atoms with Crippen LogP contribution >= 0.6 is 12.2 Å². The third-order valence-electron chi connectivity index (χ3n) is 2.28. The quantitative estimate of drug-likeness (QED) is 0.738. The topological polar surface area (TPSA) is 37.8 Å². The maximum atomic E-state index is 12.4. The number of hydrogen-bond donors (Lipinski definition) is 1. The number of alkyl halides is 3. The first-order chi connectivity index (χ1) is 7.80. The summed E-state index contributed by atoms with van der Waals surface area (Å²) in [6, 6.07) is 4.78. The third-order valence-corrected chi connectivity index (χ3v) is 2.57. The largest absolute Gasteiger partial charge is 0.472 e. The molecule has 0 saturated carbocycles. The Morgan fingerprint density at radius 2 is 2.06 bits per heavy atom. The van der Waals surface area contributed by atoms with Crippen molar-refractivity contribution in [3.05, 3.63) is 28.5 Å². The molecule has 0 aliphatic carbocycles. The van der Waals surface area contributed by atoms with Gasteiger partial charge in [-0.25, -0.2) is 4.57 Å². The molecule has 0 fully saturated rings. The fourth-order valence-electron chi connectivity index (χ4n) is 1.54. The summed E-state index contributed by atoms with van der Waals surface area (Å²) >= 11 is 4.73. The summed E-state index contributed by atoms with van der Waals surface area (Å²) < 4.78 is 37.4. The number of H-pyrrole nitrogens is 1. The van der Waals surface area contributed by atoms with Gasteiger partial charge >= 0.3 is 12.1 Å². The lowest BCUT2D eigenvalue weighted by molar-refractivity contribution is -0.0944. The van der Waals surface area contributed by atoms with Crippen LogP contribution in [-0.2, 0) is 0 Å². The molecule has 2 aromatic rings. The van der Waals surface area contributed by atoms with E-state index in [1.54, 1.807) is 19.1 Å². The van der Waals surface area contributed by atoms with E-state index in [1.165, 1.54) is 6.07 Å². The number of nitrogens with zero attached hydrogens (tertiary/aromatic N) is 1. The van der Waals surface area contributed by atoms with Gasteiger partial charge in [0.2, 0.25) is 0 Å². The monoisotopic (exact) mass is 260 g/mol. The van der Waals surface area contributed by atoms with Crippen LogP contribution in [0.4, 0.5) is 13.2 Å². The molecule has 3 nitrogen and oxygen atoms in total. The van der Waals surface area contributed by atoms with Gasteiger partial charge in [0.25, 0.3) is 0 Å². The van der Waals surface area contributed by atoms with Crippen LogP contribution in [0.1, 0.15) is 10.4 Å². The number of halogens is 3. The minimum Gasteiger partial charge on any atom is -0.330 e. The summed E-state index contributed by atoms with van der Waals surface area (Å²) in [5.74, 6) is -1.99. The Labute approximate surface area is 98.9 Å². The van der Waals surface area contributed by atoms with E-state index >= 15 is 0 Å². The number of hydrogen-bond acceptors (Lipinski definition) is 2. The number of aromatic nitrogens is 2. The Morgan fingerprint density at radius 1 is 1.41 bits per heavy atom. The predicted octanol–water partition coefficient (Wildman–Crippen LogP) is 3.21. The third kappa shape index (κ3) is 1.97. The summed E-state index contributed by atoms with van der Waals surface area (Å²) in [5, 5.41) is 0. The van der Waals surface area contributed by atoms with Crippen molar-refractivity contribution in [2.75, 3.05) is 0 Å². The molecule has 0 radical (unpaired) electrons. The van der Waals surface area contributed by atoms with Gasteiger partial charge in [0.1, 0.15) is 0 Å². The number of fused-ring (bicyclic) bond motifs is 1. The number of carbonyl (C=O) groups excluding carboxylic acids is 1. The summed E-state index contributed by atoms with van der Waals surface area (Å²) in [7, 11) is 0. The molecule has 17 heavy (non-hydrogen) atoms. The fourth-order valence-corrected chi connectivity index (χ4v) is 1.83. The van der Waals surface area contributed by atoms with Gasteiger partial charge in [-0.15, -0.1) is 0 Å². The molecule has 0 aliphatic rings. The maximum Gasteiger partial charge on any atom is 0.472 e. The highest BCUT2D eigenvalue weighted by atomic mass is 32.1. The lowest BCUT2D eigenvalue weighted by Gasteiger charge is -2.06. The first kappa shape index (κ1) is 11.8. The van der Waals surface area contributed by atoms with E-state index in [0.717, 1.165) is 5.56 Å². The Kier molecular flexibility index (Phi) is 2.57. The number of benzene rings is 1. The zero-order valence-electron chi connectivity index (χ0n) is 8.63. The van der Waals surface area contributed by atoms with Crippen LogP contribution in [0, 0.1) is 11.7 Å². The molecule has 1 heterocycles. The average Bonchev–Trinajstić information content (AvgIpc) is 2.51. The number of aryl methyl sites for hydroxylation is 1. The second-order valence-corrected chi connectivity index (χ2v) is 3.98. The molecule has 7 heteroatoms. The normalized spacial score (nSPS) is 12.0. The first-order valence-corrected chi connectivity index (χ1v) is 5.04. The standard InChI is InChI=1S/C10H7F3N2OS/c1-5-2-3-6-7(4-5)15(9(17)14-6)8(16)10(11,12)13/h2-4H,1H3,(H,14,17). The second kappa shape index (κ2) is 3.69. The van der Waals surface area contributed by atoms with Crippen molar-refractivity contribution in [2.24, 2.45) is 0 Å². The van der Waals surface area contributed by atoms with Crippen LogP contribution in [0.25, 0.3) is 11.0 Å². The molecule has 0 spiro atoms. The Morgan fingerprint density at radius 3 is 2.65 bits per heavy atom. The van der Waals surface area contributed by atoms with Crippen molar-refractivity contribution in [1.29, 1.82) is 0 Å². The Balaban J connectivity index is 2.77. The van der Waals surface area contributed by atoms with Crippen LogP contribution in [0.5, 0.6) is 0 Å². The van der Waals surface area contributed by atoms with Gasteiger partial charge in [0, 0.05) is 0 Å².